The fourth-order valence-electron chi connectivity index (χ4n) is 1.90. The molecule has 3 nitrogen and oxygen atoms in total. The van der Waals surface area contributed by atoms with E-state index in [0.29, 0.717) is 12.1 Å². The maximum Gasteiger partial charge on any atom is 0.199 e. The Kier molecular flexibility index (Phi) is 6.00. The van der Waals surface area contributed by atoms with Gasteiger partial charge in [-0.05, 0) is 24.1 Å². The molecule has 0 fully saturated rings. The number of sulfone groups is 1. The molecule has 0 saturated heterocycles. The van der Waals surface area contributed by atoms with Crippen LogP contribution >= 0.6 is 12.4 Å². The zero-order valence-electron chi connectivity index (χ0n) is 11.7. The summed E-state index contributed by atoms with van der Waals surface area (Å²) in [5.41, 5.74) is 8.26. The van der Waals surface area contributed by atoms with Crippen LogP contribution in [0.25, 0.3) is 11.1 Å². The van der Waals surface area contributed by atoms with Gasteiger partial charge in [-0.15, -0.1) is 12.4 Å². The SMILES string of the molecule is CC/C=C/S(=O)(=O)c1ccc(-c2ccccc2)c(N)c1.Cl. The van der Waals surface area contributed by atoms with Crippen LogP contribution in [0.3, 0.4) is 0 Å². The fourth-order valence-corrected chi connectivity index (χ4v) is 3.05. The molecule has 2 N–H and O–H groups in total. The van der Waals surface area contributed by atoms with Crippen LogP contribution in [0.1, 0.15) is 13.3 Å². The largest absolute Gasteiger partial charge is 0.398 e. The lowest BCUT2D eigenvalue weighted by molar-refractivity contribution is 0.604. The number of hydrogen-bond acceptors (Lipinski definition) is 3. The number of rotatable bonds is 4. The molecular formula is C16H18ClNO2S. The summed E-state index contributed by atoms with van der Waals surface area (Å²) in [6.45, 7) is 1.89. The minimum atomic E-state index is -3.40. The number of anilines is 1. The standard InChI is InChI=1S/C16H17NO2S.ClH/c1-2-3-11-20(18,19)14-9-10-15(16(17)12-14)13-7-5-4-6-8-13;/h3-12H,2,17H2,1H3;1H/b11-3+;. The lowest BCUT2D eigenvalue weighted by Gasteiger charge is -2.08. The van der Waals surface area contributed by atoms with Gasteiger partial charge in [-0.3, -0.25) is 0 Å². The van der Waals surface area contributed by atoms with Crippen molar-refractivity contribution in [2.75, 3.05) is 5.73 Å². The average Bonchev–Trinajstić information content (AvgIpc) is 2.46. The molecule has 0 aliphatic rings. The lowest BCUT2D eigenvalue weighted by atomic mass is 10.0. The molecule has 2 rings (SSSR count). The van der Waals surface area contributed by atoms with Gasteiger partial charge in [0.25, 0.3) is 0 Å². The molecule has 0 spiro atoms. The Balaban J connectivity index is 0.00000220. The normalized spacial score (nSPS) is 11.3. The number of halogens is 1. The van der Waals surface area contributed by atoms with Gasteiger partial charge in [0.1, 0.15) is 0 Å². The predicted octanol–water partition coefficient (Wildman–Crippen LogP) is 4.06. The quantitative estimate of drug-likeness (QED) is 0.863. The van der Waals surface area contributed by atoms with Crippen LogP contribution in [-0.2, 0) is 9.84 Å². The topological polar surface area (TPSA) is 60.2 Å². The number of allylic oxidation sites excluding steroid dienone is 1. The van der Waals surface area contributed by atoms with Crippen LogP contribution in [0.15, 0.2) is 64.9 Å². The van der Waals surface area contributed by atoms with Crippen molar-refractivity contribution in [3.05, 3.63) is 60.0 Å². The van der Waals surface area contributed by atoms with Crippen molar-refractivity contribution in [1.82, 2.24) is 0 Å². The van der Waals surface area contributed by atoms with Crippen molar-refractivity contribution in [1.29, 1.82) is 0 Å². The molecular weight excluding hydrogens is 306 g/mol. The van der Waals surface area contributed by atoms with Gasteiger partial charge in [-0.25, -0.2) is 8.42 Å². The van der Waals surface area contributed by atoms with Crippen molar-refractivity contribution in [2.24, 2.45) is 0 Å². The summed E-state index contributed by atoms with van der Waals surface area (Å²) in [5.74, 6) is 0. The van der Waals surface area contributed by atoms with Crippen molar-refractivity contribution in [3.63, 3.8) is 0 Å². The molecule has 0 aliphatic heterocycles. The molecule has 0 aromatic heterocycles. The number of nitrogen functional groups attached to an aromatic ring is 1. The number of nitrogens with two attached hydrogens (primary N) is 1. The van der Waals surface area contributed by atoms with Gasteiger partial charge in [-0.1, -0.05) is 49.4 Å². The van der Waals surface area contributed by atoms with Crippen LogP contribution in [-0.4, -0.2) is 8.42 Å². The molecule has 0 atom stereocenters. The van der Waals surface area contributed by atoms with Crippen LogP contribution < -0.4 is 5.73 Å². The third-order valence-corrected chi connectivity index (χ3v) is 4.41. The first-order valence-corrected chi connectivity index (χ1v) is 7.96. The molecule has 0 bridgehead atoms. The molecule has 112 valence electrons. The summed E-state index contributed by atoms with van der Waals surface area (Å²) in [5, 5.41) is 1.23. The molecule has 21 heavy (non-hydrogen) atoms. The Labute approximate surface area is 131 Å². The van der Waals surface area contributed by atoms with Gasteiger partial charge in [0.05, 0.1) is 4.90 Å². The second-order valence-corrected chi connectivity index (χ2v) is 6.27. The molecule has 5 heteroatoms. The molecule has 0 heterocycles. The van der Waals surface area contributed by atoms with E-state index in [9.17, 15) is 8.42 Å². The Morgan fingerprint density at radius 1 is 1.10 bits per heavy atom. The highest BCUT2D eigenvalue weighted by Crippen LogP contribution is 2.28. The molecule has 2 aromatic rings. The second-order valence-electron chi connectivity index (χ2n) is 4.44. The highest BCUT2D eigenvalue weighted by Gasteiger charge is 2.12. The van der Waals surface area contributed by atoms with Gasteiger partial charge in [-0.2, -0.15) is 0 Å². The van der Waals surface area contributed by atoms with Crippen LogP contribution in [0.5, 0.6) is 0 Å². The van der Waals surface area contributed by atoms with E-state index < -0.39 is 9.84 Å². The summed E-state index contributed by atoms with van der Waals surface area (Å²) < 4.78 is 24.1. The molecule has 0 unspecified atom stereocenters. The van der Waals surface area contributed by atoms with Gasteiger partial charge in [0.15, 0.2) is 9.84 Å². The molecule has 0 amide bonds. The van der Waals surface area contributed by atoms with Crippen LogP contribution in [0.2, 0.25) is 0 Å². The molecule has 2 aromatic carbocycles. The summed E-state index contributed by atoms with van der Waals surface area (Å²) in [4.78, 5) is 0.222. The van der Waals surface area contributed by atoms with Crippen LogP contribution in [0, 0.1) is 0 Å². The average molecular weight is 324 g/mol. The van der Waals surface area contributed by atoms with Crippen molar-refractivity contribution in [2.45, 2.75) is 18.2 Å². The maximum absolute atomic E-state index is 12.0. The minimum absolute atomic E-state index is 0. The van der Waals surface area contributed by atoms with E-state index in [4.69, 9.17) is 5.73 Å². The highest BCUT2D eigenvalue weighted by molar-refractivity contribution is 7.94. The van der Waals surface area contributed by atoms with E-state index >= 15 is 0 Å². The first-order valence-electron chi connectivity index (χ1n) is 6.41. The van der Waals surface area contributed by atoms with Gasteiger partial charge >= 0.3 is 0 Å². The third kappa shape index (κ3) is 4.09. The van der Waals surface area contributed by atoms with E-state index in [0.717, 1.165) is 11.1 Å². The maximum atomic E-state index is 12.0. The monoisotopic (exact) mass is 323 g/mol. The third-order valence-electron chi connectivity index (χ3n) is 2.95. The number of benzene rings is 2. The highest BCUT2D eigenvalue weighted by atomic mass is 35.5. The summed E-state index contributed by atoms with van der Waals surface area (Å²) in [7, 11) is -3.40. The molecule has 0 saturated carbocycles. The summed E-state index contributed by atoms with van der Waals surface area (Å²) in [6, 6.07) is 14.5. The first kappa shape index (κ1) is 17.3. The Hall–Kier alpha value is -1.78. The molecule has 0 aliphatic carbocycles. The minimum Gasteiger partial charge on any atom is -0.398 e. The van der Waals surface area contributed by atoms with E-state index in [-0.39, 0.29) is 17.3 Å². The van der Waals surface area contributed by atoms with E-state index in [1.807, 2.05) is 37.3 Å². The Morgan fingerprint density at radius 2 is 1.76 bits per heavy atom. The van der Waals surface area contributed by atoms with Crippen molar-refractivity contribution < 1.29 is 8.42 Å². The van der Waals surface area contributed by atoms with Crippen molar-refractivity contribution in [3.8, 4) is 11.1 Å². The van der Waals surface area contributed by atoms with Crippen molar-refractivity contribution >= 4 is 27.9 Å². The zero-order chi connectivity index (χ0) is 14.6. The smallest absolute Gasteiger partial charge is 0.199 e. The molecule has 0 radical (unpaired) electrons. The fraction of sp³-hybridized carbons (Fsp3) is 0.125. The summed E-state index contributed by atoms with van der Waals surface area (Å²) >= 11 is 0. The summed E-state index contributed by atoms with van der Waals surface area (Å²) in [6.07, 6.45) is 2.30. The first-order chi connectivity index (χ1) is 9.54. The van der Waals surface area contributed by atoms with Gasteiger partial charge in [0.2, 0.25) is 0 Å². The predicted molar refractivity (Wildman–Crippen MR) is 90.2 cm³/mol. The Bertz CT molecular complexity index is 725. The van der Waals surface area contributed by atoms with E-state index in [2.05, 4.69) is 0 Å². The van der Waals surface area contributed by atoms with Gasteiger partial charge in [0, 0.05) is 16.7 Å². The number of hydrogen-bond donors (Lipinski definition) is 1. The zero-order valence-corrected chi connectivity index (χ0v) is 13.3. The van der Waals surface area contributed by atoms with Crippen LogP contribution in [0.4, 0.5) is 5.69 Å². The van der Waals surface area contributed by atoms with E-state index in [1.54, 1.807) is 18.2 Å². The Morgan fingerprint density at radius 3 is 2.33 bits per heavy atom. The van der Waals surface area contributed by atoms with Gasteiger partial charge < -0.3 is 5.73 Å². The van der Waals surface area contributed by atoms with E-state index in [1.165, 1.54) is 11.5 Å². The lowest BCUT2D eigenvalue weighted by Crippen LogP contribution is -1.99. The second kappa shape index (κ2) is 7.29.